The fourth-order valence-electron chi connectivity index (χ4n) is 2.82. The van der Waals surface area contributed by atoms with Crippen LogP contribution < -0.4 is 5.63 Å². The lowest BCUT2D eigenvalue weighted by Gasteiger charge is -2.07. The minimum atomic E-state index is -0.519. The molecule has 26 heavy (non-hydrogen) atoms. The van der Waals surface area contributed by atoms with Crippen LogP contribution in [-0.4, -0.2) is 5.11 Å². The molecule has 4 heteroatoms. The zero-order valence-corrected chi connectivity index (χ0v) is 14.7. The van der Waals surface area contributed by atoms with Crippen molar-refractivity contribution in [1.82, 2.24) is 0 Å². The van der Waals surface area contributed by atoms with Gasteiger partial charge in [0.2, 0.25) is 0 Å². The molecule has 3 nitrogen and oxygen atoms in total. The first-order valence-electron chi connectivity index (χ1n) is 8.24. The molecule has 0 saturated heterocycles. The minimum Gasteiger partial charge on any atom is -0.506 e. The fourth-order valence-corrected chi connectivity index (χ4v) is 3.69. The number of benzene rings is 3. The summed E-state index contributed by atoms with van der Waals surface area (Å²) in [7, 11) is 0. The highest BCUT2D eigenvalue weighted by molar-refractivity contribution is 7.98. The molecule has 0 fully saturated rings. The molecule has 4 rings (SSSR count). The molecule has 0 atom stereocenters. The van der Waals surface area contributed by atoms with Gasteiger partial charge in [-0.15, -0.1) is 11.8 Å². The van der Waals surface area contributed by atoms with Gasteiger partial charge in [0.25, 0.3) is 0 Å². The van der Waals surface area contributed by atoms with Gasteiger partial charge < -0.3 is 9.52 Å². The Morgan fingerprint density at radius 3 is 2.35 bits per heavy atom. The highest BCUT2D eigenvalue weighted by Gasteiger charge is 2.13. The van der Waals surface area contributed by atoms with Crippen LogP contribution in [-0.2, 0) is 5.75 Å². The topological polar surface area (TPSA) is 50.4 Å². The molecule has 0 aliphatic rings. The van der Waals surface area contributed by atoms with E-state index < -0.39 is 5.63 Å². The first-order chi connectivity index (χ1) is 12.7. The van der Waals surface area contributed by atoms with Crippen LogP contribution in [0.15, 0.2) is 93.0 Å². The lowest BCUT2D eigenvalue weighted by molar-refractivity contribution is 0.430. The molecular weight excluding hydrogens is 344 g/mol. The first-order valence-corrected chi connectivity index (χ1v) is 9.22. The van der Waals surface area contributed by atoms with E-state index in [-0.39, 0.29) is 10.6 Å². The Balaban J connectivity index is 1.65. The number of hydrogen-bond acceptors (Lipinski definition) is 4. The maximum absolute atomic E-state index is 12.4. The fraction of sp³-hybridized carbons (Fsp3) is 0.0455. The summed E-state index contributed by atoms with van der Waals surface area (Å²) in [5.41, 5.74) is 1.32. The molecule has 0 aliphatic heterocycles. The van der Waals surface area contributed by atoms with Gasteiger partial charge in [-0.05, 0) is 22.4 Å². The normalized spacial score (nSPS) is 10.9. The van der Waals surface area contributed by atoms with E-state index in [4.69, 9.17) is 4.42 Å². The largest absolute Gasteiger partial charge is 0.506 e. The smallest absolute Gasteiger partial charge is 0.353 e. The van der Waals surface area contributed by atoms with Crippen LogP contribution in [0.2, 0.25) is 0 Å². The summed E-state index contributed by atoms with van der Waals surface area (Å²) >= 11 is 1.28. The molecule has 0 aliphatic carbocycles. The summed E-state index contributed by atoms with van der Waals surface area (Å²) in [6.45, 7) is 0. The highest BCUT2D eigenvalue weighted by Crippen LogP contribution is 2.32. The van der Waals surface area contributed by atoms with Crippen molar-refractivity contribution in [2.45, 2.75) is 10.6 Å². The van der Waals surface area contributed by atoms with Crippen LogP contribution in [0.25, 0.3) is 22.1 Å². The van der Waals surface area contributed by atoms with Gasteiger partial charge in [0.15, 0.2) is 0 Å². The molecule has 1 heterocycles. The van der Waals surface area contributed by atoms with Gasteiger partial charge in [-0.2, -0.15) is 0 Å². The highest BCUT2D eigenvalue weighted by atomic mass is 32.2. The molecule has 1 N–H and O–H groups in total. The van der Waals surface area contributed by atoms with Crippen LogP contribution in [0.1, 0.15) is 5.56 Å². The molecule has 1 aromatic heterocycles. The van der Waals surface area contributed by atoms with Crippen molar-refractivity contribution in [3.63, 3.8) is 0 Å². The summed E-state index contributed by atoms with van der Waals surface area (Å²) in [6, 6.07) is 25.1. The summed E-state index contributed by atoms with van der Waals surface area (Å²) in [6.07, 6.45) is 0. The van der Waals surface area contributed by atoms with Crippen molar-refractivity contribution < 1.29 is 9.52 Å². The molecule has 128 valence electrons. The quantitative estimate of drug-likeness (QED) is 0.491. The molecule has 0 radical (unpaired) electrons. The number of rotatable bonds is 4. The lowest BCUT2D eigenvalue weighted by atomic mass is 10.1. The second-order valence-corrected chi connectivity index (χ2v) is 6.93. The predicted octanol–water partition coefficient (Wildman–Crippen LogP) is 5.46. The Kier molecular flexibility index (Phi) is 4.50. The second kappa shape index (κ2) is 7.10. The van der Waals surface area contributed by atoms with E-state index in [1.165, 1.54) is 17.8 Å². The molecular formula is C22H16O3S. The average molecular weight is 360 g/mol. The van der Waals surface area contributed by atoms with E-state index in [1.807, 2.05) is 72.8 Å². The van der Waals surface area contributed by atoms with Crippen molar-refractivity contribution in [2.75, 3.05) is 0 Å². The Hall–Kier alpha value is -2.98. The molecule has 0 spiro atoms. The third-order valence-electron chi connectivity index (χ3n) is 4.15. The molecule has 4 aromatic rings. The van der Waals surface area contributed by atoms with E-state index in [0.29, 0.717) is 11.5 Å². The van der Waals surface area contributed by atoms with Crippen LogP contribution in [0.4, 0.5) is 0 Å². The minimum absolute atomic E-state index is 0.0506. The average Bonchev–Trinajstić information content (AvgIpc) is 2.67. The summed E-state index contributed by atoms with van der Waals surface area (Å²) in [4.78, 5) is 12.6. The maximum atomic E-state index is 12.4. The summed E-state index contributed by atoms with van der Waals surface area (Å²) in [5, 5.41) is 12.5. The number of fused-ring (bicyclic) bond motifs is 1. The van der Waals surface area contributed by atoms with Crippen LogP contribution in [0.5, 0.6) is 5.75 Å². The van der Waals surface area contributed by atoms with Crippen molar-refractivity contribution in [3.8, 4) is 17.1 Å². The Labute approximate surface area is 154 Å². The van der Waals surface area contributed by atoms with Gasteiger partial charge >= 0.3 is 5.63 Å². The number of thioether (sulfide) groups is 1. The Morgan fingerprint density at radius 1 is 0.846 bits per heavy atom. The zero-order valence-electron chi connectivity index (χ0n) is 13.9. The van der Waals surface area contributed by atoms with Gasteiger partial charge in [0, 0.05) is 17.4 Å². The van der Waals surface area contributed by atoms with E-state index >= 15 is 0 Å². The van der Waals surface area contributed by atoms with Crippen molar-refractivity contribution >= 4 is 22.5 Å². The van der Waals surface area contributed by atoms with E-state index in [1.54, 1.807) is 0 Å². The second-order valence-electron chi connectivity index (χ2n) is 5.95. The molecule has 0 saturated carbocycles. The third-order valence-corrected chi connectivity index (χ3v) is 5.29. The molecule has 3 aromatic carbocycles. The van der Waals surface area contributed by atoms with Gasteiger partial charge in [-0.25, -0.2) is 4.79 Å². The monoisotopic (exact) mass is 360 g/mol. The summed E-state index contributed by atoms with van der Waals surface area (Å²) < 4.78 is 5.48. The standard InChI is InChI=1S/C22H16O3S/c23-19-13-20(18-11-10-16-8-4-5-9-17(16)12-18)25-22(24)21(19)26-14-15-6-2-1-3-7-15/h1-13,23H,14H2. The van der Waals surface area contributed by atoms with E-state index in [9.17, 15) is 9.90 Å². The predicted molar refractivity (Wildman–Crippen MR) is 106 cm³/mol. The SMILES string of the molecule is O=c1oc(-c2ccc3ccccc3c2)cc(O)c1SCc1ccccc1. The Morgan fingerprint density at radius 2 is 1.58 bits per heavy atom. The van der Waals surface area contributed by atoms with Crippen LogP contribution in [0, 0.1) is 0 Å². The van der Waals surface area contributed by atoms with Crippen LogP contribution >= 0.6 is 11.8 Å². The number of aromatic hydroxyl groups is 1. The van der Waals surface area contributed by atoms with Gasteiger partial charge in [0.05, 0.1) is 0 Å². The van der Waals surface area contributed by atoms with E-state index in [2.05, 4.69) is 0 Å². The van der Waals surface area contributed by atoms with Crippen molar-refractivity contribution in [1.29, 1.82) is 0 Å². The zero-order chi connectivity index (χ0) is 17.9. The van der Waals surface area contributed by atoms with Crippen LogP contribution in [0.3, 0.4) is 0 Å². The maximum Gasteiger partial charge on any atom is 0.353 e. The van der Waals surface area contributed by atoms with Gasteiger partial charge in [-0.3, -0.25) is 0 Å². The molecule has 0 bridgehead atoms. The van der Waals surface area contributed by atoms with Gasteiger partial charge in [-0.1, -0.05) is 66.7 Å². The number of hydrogen-bond donors (Lipinski definition) is 1. The third kappa shape index (κ3) is 3.37. The first kappa shape index (κ1) is 16.5. The Bertz CT molecular complexity index is 1120. The van der Waals surface area contributed by atoms with Gasteiger partial charge in [0.1, 0.15) is 16.4 Å². The molecule has 0 amide bonds. The van der Waals surface area contributed by atoms with Crippen molar-refractivity contribution in [2.24, 2.45) is 0 Å². The summed E-state index contributed by atoms with van der Waals surface area (Å²) in [5.74, 6) is 0.904. The molecule has 0 unspecified atom stereocenters. The van der Waals surface area contributed by atoms with E-state index in [0.717, 1.165) is 21.9 Å². The lowest BCUT2D eigenvalue weighted by Crippen LogP contribution is -2.03. The van der Waals surface area contributed by atoms with Crippen molar-refractivity contribution in [3.05, 3.63) is 94.8 Å².